The number of nitrogens with zero attached hydrogens (tertiary/aromatic N) is 4. The fourth-order valence-corrected chi connectivity index (χ4v) is 5.26. The maximum atomic E-state index is 14.7. The van der Waals surface area contributed by atoms with Crippen LogP contribution in [-0.4, -0.2) is 55.6 Å². The van der Waals surface area contributed by atoms with Crippen LogP contribution in [0.25, 0.3) is 10.9 Å². The number of carbonyl (C=O) groups excluding carboxylic acids is 2. The molecule has 0 aliphatic carbocycles. The number of para-hydroxylation sites is 1. The number of H-pyrrole nitrogens is 1. The Morgan fingerprint density at radius 2 is 1.94 bits per heavy atom. The van der Waals surface area contributed by atoms with Crippen molar-refractivity contribution in [3.05, 3.63) is 83.1 Å². The maximum absolute atomic E-state index is 14.7. The van der Waals surface area contributed by atoms with Crippen LogP contribution in [0.1, 0.15) is 44.4 Å². The van der Waals surface area contributed by atoms with E-state index in [1.54, 1.807) is 15.8 Å². The summed E-state index contributed by atoms with van der Waals surface area (Å²) in [5.74, 6) is -2.86. The Kier molecular flexibility index (Phi) is 5.10. The predicted octanol–water partition coefficient (Wildman–Crippen LogP) is 3.38. The molecule has 1 fully saturated rings. The van der Waals surface area contributed by atoms with Crippen molar-refractivity contribution >= 4 is 34.4 Å². The SMILES string of the molecule is O=C(O)c1cccc(F)c1C1CC(=O)N(c2cnn3c2CN(C(=O)c2cc4ccccc4[nH]2)CC3)C1. The summed E-state index contributed by atoms with van der Waals surface area (Å²) in [6.07, 6.45) is 1.58. The van der Waals surface area contributed by atoms with E-state index in [1.165, 1.54) is 23.1 Å². The zero-order chi connectivity index (χ0) is 25.0. The van der Waals surface area contributed by atoms with Gasteiger partial charge >= 0.3 is 5.97 Å². The summed E-state index contributed by atoms with van der Waals surface area (Å²) in [6, 6.07) is 13.4. The van der Waals surface area contributed by atoms with Gasteiger partial charge in [-0.1, -0.05) is 24.3 Å². The van der Waals surface area contributed by atoms with Crippen molar-refractivity contribution in [2.45, 2.75) is 25.4 Å². The van der Waals surface area contributed by atoms with Crippen molar-refractivity contribution in [2.24, 2.45) is 0 Å². The summed E-state index contributed by atoms with van der Waals surface area (Å²) in [5, 5.41) is 14.9. The highest BCUT2D eigenvalue weighted by Crippen LogP contribution is 2.37. The molecule has 1 unspecified atom stereocenters. The van der Waals surface area contributed by atoms with Gasteiger partial charge in [-0.25, -0.2) is 9.18 Å². The average Bonchev–Trinajstić information content (AvgIpc) is 3.59. The smallest absolute Gasteiger partial charge is 0.336 e. The lowest BCUT2D eigenvalue weighted by atomic mass is 9.93. The van der Waals surface area contributed by atoms with Crippen LogP contribution in [-0.2, 0) is 17.9 Å². The molecule has 2 aliphatic heterocycles. The molecule has 36 heavy (non-hydrogen) atoms. The summed E-state index contributed by atoms with van der Waals surface area (Å²) in [7, 11) is 0. The van der Waals surface area contributed by atoms with E-state index in [0.717, 1.165) is 10.9 Å². The number of carbonyl (C=O) groups is 3. The number of carboxylic acid groups (broad SMARTS) is 1. The van der Waals surface area contributed by atoms with Crippen LogP contribution in [0.3, 0.4) is 0 Å². The molecule has 0 radical (unpaired) electrons. The second-order valence-electron chi connectivity index (χ2n) is 9.11. The van der Waals surface area contributed by atoms with Crippen LogP contribution in [0.2, 0.25) is 0 Å². The number of halogens is 1. The molecule has 2 aromatic carbocycles. The number of hydrogen-bond donors (Lipinski definition) is 2. The van der Waals surface area contributed by atoms with Crippen LogP contribution < -0.4 is 4.90 Å². The quantitative estimate of drug-likeness (QED) is 0.459. The second-order valence-corrected chi connectivity index (χ2v) is 9.11. The number of amides is 2. The summed E-state index contributed by atoms with van der Waals surface area (Å²) in [6.45, 7) is 1.34. The number of aromatic carboxylic acids is 1. The Labute approximate surface area is 204 Å². The largest absolute Gasteiger partial charge is 0.478 e. The Bertz CT molecular complexity index is 1510. The maximum Gasteiger partial charge on any atom is 0.336 e. The van der Waals surface area contributed by atoms with Crippen molar-refractivity contribution in [3.63, 3.8) is 0 Å². The van der Waals surface area contributed by atoms with E-state index >= 15 is 0 Å². The molecule has 0 saturated carbocycles. The summed E-state index contributed by atoms with van der Waals surface area (Å²) in [5.41, 5.74) is 2.55. The third-order valence-electron chi connectivity index (χ3n) is 7.00. The summed E-state index contributed by atoms with van der Waals surface area (Å²) < 4.78 is 16.4. The Morgan fingerprint density at radius 1 is 1.11 bits per heavy atom. The minimum atomic E-state index is -1.23. The first-order valence-electron chi connectivity index (χ1n) is 11.6. The van der Waals surface area contributed by atoms with Gasteiger partial charge in [-0.05, 0) is 24.3 Å². The highest BCUT2D eigenvalue weighted by molar-refractivity contribution is 5.99. The van der Waals surface area contributed by atoms with Gasteiger partial charge < -0.3 is 19.9 Å². The van der Waals surface area contributed by atoms with Crippen molar-refractivity contribution in [1.29, 1.82) is 0 Å². The lowest BCUT2D eigenvalue weighted by Gasteiger charge is -2.29. The van der Waals surface area contributed by atoms with E-state index in [4.69, 9.17) is 0 Å². The van der Waals surface area contributed by atoms with E-state index in [9.17, 15) is 23.9 Å². The van der Waals surface area contributed by atoms with Gasteiger partial charge in [-0.15, -0.1) is 0 Å². The monoisotopic (exact) mass is 487 g/mol. The van der Waals surface area contributed by atoms with E-state index in [-0.39, 0.29) is 42.5 Å². The number of aromatic amines is 1. The molecule has 182 valence electrons. The number of anilines is 1. The lowest BCUT2D eigenvalue weighted by Crippen LogP contribution is -2.39. The third kappa shape index (κ3) is 3.53. The van der Waals surface area contributed by atoms with Gasteiger partial charge in [-0.2, -0.15) is 5.10 Å². The van der Waals surface area contributed by atoms with Crippen LogP contribution in [0.4, 0.5) is 10.1 Å². The van der Waals surface area contributed by atoms with Crippen molar-refractivity contribution in [2.75, 3.05) is 18.0 Å². The molecule has 0 bridgehead atoms. The number of fused-ring (bicyclic) bond motifs is 2. The zero-order valence-corrected chi connectivity index (χ0v) is 19.1. The average molecular weight is 487 g/mol. The van der Waals surface area contributed by atoms with Gasteiger partial charge in [0.25, 0.3) is 5.91 Å². The standard InChI is InChI=1S/C26H22FN5O4/c27-18-6-3-5-17(26(35)36)24(18)16-11-23(33)31(13-16)21-12-28-32-9-8-30(14-22(21)32)25(34)20-10-15-4-1-2-7-19(15)29-20/h1-7,10,12,16,29H,8-9,11,13-14H2,(H,35,36). The van der Waals surface area contributed by atoms with Crippen molar-refractivity contribution < 1.29 is 23.9 Å². The topological polar surface area (TPSA) is 112 Å². The first kappa shape index (κ1) is 22.0. The third-order valence-corrected chi connectivity index (χ3v) is 7.00. The molecule has 1 saturated heterocycles. The molecule has 4 heterocycles. The highest BCUT2D eigenvalue weighted by atomic mass is 19.1. The number of benzene rings is 2. The van der Waals surface area contributed by atoms with Crippen molar-refractivity contribution in [1.82, 2.24) is 19.7 Å². The van der Waals surface area contributed by atoms with E-state index in [2.05, 4.69) is 10.1 Å². The molecule has 0 spiro atoms. The number of carboxylic acids is 1. The normalized spacial score (nSPS) is 17.6. The van der Waals surface area contributed by atoms with Gasteiger partial charge in [-0.3, -0.25) is 14.3 Å². The van der Waals surface area contributed by atoms with Crippen LogP contribution >= 0.6 is 0 Å². The van der Waals surface area contributed by atoms with Crippen molar-refractivity contribution in [3.8, 4) is 0 Å². The van der Waals surface area contributed by atoms with Gasteiger partial charge in [0.2, 0.25) is 5.91 Å². The van der Waals surface area contributed by atoms with Gasteiger partial charge in [0.1, 0.15) is 11.5 Å². The molecular formula is C26H22FN5O4. The Hall–Kier alpha value is -4.47. The summed E-state index contributed by atoms with van der Waals surface area (Å²) in [4.78, 5) is 44.3. The molecule has 9 nitrogen and oxygen atoms in total. The predicted molar refractivity (Wildman–Crippen MR) is 128 cm³/mol. The second kappa shape index (κ2) is 8.33. The number of rotatable bonds is 4. The molecule has 2 N–H and O–H groups in total. The van der Waals surface area contributed by atoms with Gasteiger partial charge in [0.05, 0.1) is 36.2 Å². The van der Waals surface area contributed by atoms with Crippen LogP contribution in [0.15, 0.2) is 54.7 Å². The number of aromatic nitrogens is 3. The Balaban J connectivity index is 1.27. The molecule has 2 aromatic heterocycles. The van der Waals surface area contributed by atoms with Gasteiger partial charge in [0, 0.05) is 41.9 Å². The van der Waals surface area contributed by atoms with E-state index < -0.39 is 17.7 Å². The molecule has 2 amide bonds. The molecule has 4 aromatic rings. The van der Waals surface area contributed by atoms with E-state index in [0.29, 0.717) is 30.2 Å². The first-order chi connectivity index (χ1) is 17.4. The van der Waals surface area contributed by atoms with Gasteiger partial charge in [0.15, 0.2) is 0 Å². The van der Waals surface area contributed by atoms with Crippen LogP contribution in [0, 0.1) is 5.82 Å². The number of hydrogen-bond acceptors (Lipinski definition) is 4. The molecule has 10 heteroatoms. The molecule has 2 aliphatic rings. The fourth-order valence-electron chi connectivity index (χ4n) is 5.26. The highest BCUT2D eigenvalue weighted by Gasteiger charge is 2.38. The summed E-state index contributed by atoms with van der Waals surface area (Å²) >= 11 is 0. The van der Waals surface area contributed by atoms with Crippen LogP contribution in [0.5, 0.6) is 0 Å². The zero-order valence-electron chi connectivity index (χ0n) is 19.1. The number of nitrogens with one attached hydrogen (secondary N) is 1. The first-order valence-corrected chi connectivity index (χ1v) is 11.6. The minimum Gasteiger partial charge on any atom is -0.478 e. The lowest BCUT2D eigenvalue weighted by molar-refractivity contribution is -0.117. The Morgan fingerprint density at radius 3 is 2.75 bits per heavy atom. The van der Waals surface area contributed by atoms with E-state index in [1.807, 2.05) is 30.3 Å². The molecule has 1 atom stereocenters. The fraction of sp³-hybridized carbons (Fsp3) is 0.231. The molecule has 6 rings (SSSR count). The molecular weight excluding hydrogens is 465 g/mol. The minimum absolute atomic E-state index is 0.0104.